The van der Waals surface area contributed by atoms with Crippen LogP contribution in [-0.4, -0.2) is 5.97 Å². The predicted octanol–water partition coefficient (Wildman–Crippen LogP) is 6.25. The number of ether oxygens (including phenoxy) is 1. The lowest BCUT2D eigenvalue weighted by Crippen LogP contribution is -2.00. The Labute approximate surface area is 164 Å². The second kappa shape index (κ2) is 9.70. The van der Waals surface area contributed by atoms with E-state index < -0.39 is 0 Å². The molecule has 3 aromatic rings. The van der Waals surface area contributed by atoms with Crippen molar-refractivity contribution in [3.05, 3.63) is 101 Å². The van der Waals surface area contributed by atoms with Crippen molar-refractivity contribution in [1.82, 2.24) is 0 Å². The van der Waals surface area contributed by atoms with Crippen LogP contribution in [0.15, 0.2) is 90.3 Å². The van der Waals surface area contributed by atoms with E-state index >= 15 is 0 Å². The van der Waals surface area contributed by atoms with Crippen molar-refractivity contribution < 1.29 is 9.53 Å². The molecule has 1 aromatic heterocycles. The first-order valence-corrected chi connectivity index (χ1v) is 9.83. The van der Waals surface area contributed by atoms with Gasteiger partial charge in [-0.3, -0.25) is 4.79 Å². The molecule has 0 saturated carbocycles. The Morgan fingerprint density at radius 1 is 0.815 bits per heavy atom. The molecule has 2 aromatic carbocycles. The maximum Gasteiger partial charge on any atom is 0.308 e. The Bertz CT molecular complexity index is 926. The Balaban J connectivity index is 1.95. The Morgan fingerprint density at radius 2 is 1.48 bits per heavy atom. The van der Waals surface area contributed by atoms with Gasteiger partial charge in [0.05, 0.1) is 0 Å². The first-order valence-electron chi connectivity index (χ1n) is 8.95. The monoisotopic (exact) mass is 374 g/mol. The van der Waals surface area contributed by atoms with Crippen LogP contribution in [0.4, 0.5) is 0 Å². The highest BCUT2D eigenvalue weighted by atomic mass is 32.1. The fourth-order valence-corrected chi connectivity index (χ4v) is 3.69. The topological polar surface area (TPSA) is 26.3 Å². The summed E-state index contributed by atoms with van der Waals surface area (Å²) >= 11 is 1.76. The van der Waals surface area contributed by atoms with E-state index in [-0.39, 0.29) is 5.97 Å². The van der Waals surface area contributed by atoms with Gasteiger partial charge in [0.15, 0.2) is 0 Å². The zero-order valence-electron chi connectivity index (χ0n) is 15.3. The van der Waals surface area contributed by atoms with Crippen LogP contribution in [0.2, 0.25) is 0 Å². The maximum atomic E-state index is 11.1. The Morgan fingerprint density at radius 3 is 2.22 bits per heavy atom. The standard InChI is InChI=1S/C24H22O2S/c1-19(25)26-22-15-13-21(14-16-22)23-11-7-2-3-8-18-27-24(23)17-12-20-9-5-4-6-10-20/h2-11,13-16,18H,12,17H2,1H3. The van der Waals surface area contributed by atoms with Gasteiger partial charge in [-0.05, 0) is 47.0 Å². The van der Waals surface area contributed by atoms with Gasteiger partial charge in [0, 0.05) is 11.8 Å². The van der Waals surface area contributed by atoms with E-state index in [1.807, 2.05) is 42.5 Å². The van der Waals surface area contributed by atoms with Crippen molar-refractivity contribution in [2.24, 2.45) is 0 Å². The largest absolute Gasteiger partial charge is 0.427 e. The first-order chi connectivity index (χ1) is 13.2. The van der Waals surface area contributed by atoms with Gasteiger partial charge in [-0.25, -0.2) is 0 Å². The molecule has 3 heteroatoms. The molecule has 0 aliphatic heterocycles. The minimum absolute atomic E-state index is 0.307. The molecule has 0 aliphatic carbocycles. The molecule has 136 valence electrons. The number of hydrogen-bond donors (Lipinski definition) is 0. The van der Waals surface area contributed by atoms with Gasteiger partial charge in [0.1, 0.15) is 5.75 Å². The number of carbonyl (C=O) groups excluding carboxylic acids is 1. The second-order valence-corrected chi connectivity index (χ2v) is 7.13. The third kappa shape index (κ3) is 5.80. The van der Waals surface area contributed by atoms with Gasteiger partial charge < -0.3 is 4.74 Å². The van der Waals surface area contributed by atoms with Crippen molar-refractivity contribution in [2.75, 3.05) is 0 Å². The van der Waals surface area contributed by atoms with Gasteiger partial charge in [-0.15, -0.1) is 11.3 Å². The summed E-state index contributed by atoms with van der Waals surface area (Å²) in [5.74, 6) is 0.260. The molecule has 27 heavy (non-hydrogen) atoms. The van der Waals surface area contributed by atoms with Gasteiger partial charge in [-0.1, -0.05) is 72.8 Å². The molecule has 3 rings (SSSR count). The van der Waals surface area contributed by atoms with E-state index in [1.165, 1.54) is 22.9 Å². The highest BCUT2D eigenvalue weighted by molar-refractivity contribution is 7.09. The summed E-state index contributed by atoms with van der Waals surface area (Å²) in [6.45, 7) is 1.41. The highest BCUT2D eigenvalue weighted by Gasteiger charge is 2.06. The van der Waals surface area contributed by atoms with Crippen molar-refractivity contribution in [3.8, 4) is 16.9 Å². The van der Waals surface area contributed by atoms with Crippen molar-refractivity contribution in [1.29, 1.82) is 0 Å². The van der Waals surface area contributed by atoms with Crippen LogP contribution in [0.1, 0.15) is 17.4 Å². The molecule has 0 radical (unpaired) electrons. The van der Waals surface area contributed by atoms with Crippen LogP contribution in [0, 0.1) is 0 Å². The van der Waals surface area contributed by atoms with Gasteiger partial charge in [0.25, 0.3) is 0 Å². The minimum Gasteiger partial charge on any atom is -0.427 e. The SMILES string of the molecule is CC(=O)Oc1ccc(-c2ccccccsc2CCc2ccccc2)cc1. The van der Waals surface area contributed by atoms with Crippen LogP contribution in [-0.2, 0) is 17.6 Å². The summed E-state index contributed by atoms with van der Waals surface area (Å²) in [5, 5.41) is 2.12. The Kier molecular flexibility index (Phi) is 6.78. The molecule has 0 amide bonds. The Hall–Kier alpha value is -2.91. The maximum absolute atomic E-state index is 11.1. The first kappa shape index (κ1) is 18.9. The molecule has 0 unspecified atom stereocenters. The molecule has 0 saturated heterocycles. The van der Waals surface area contributed by atoms with Crippen LogP contribution in [0.25, 0.3) is 11.1 Å². The van der Waals surface area contributed by atoms with Crippen LogP contribution in [0.5, 0.6) is 5.75 Å². The number of rotatable bonds is 5. The van der Waals surface area contributed by atoms with Gasteiger partial charge >= 0.3 is 5.97 Å². The number of carbonyl (C=O) groups is 1. The van der Waals surface area contributed by atoms with Crippen molar-refractivity contribution in [2.45, 2.75) is 19.8 Å². The summed E-state index contributed by atoms with van der Waals surface area (Å²) in [6, 6.07) is 28.6. The summed E-state index contributed by atoms with van der Waals surface area (Å²) in [4.78, 5) is 12.4. The van der Waals surface area contributed by atoms with E-state index in [0.717, 1.165) is 18.4 Å². The zero-order valence-corrected chi connectivity index (χ0v) is 16.1. The van der Waals surface area contributed by atoms with E-state index in [2.05, 4.69) is 47.8 Å². The normalized spacial score (nSPS) is 10.1. The molecular weight excluding hydrogens is 352 g/mol. The van der Waals surface area contributed by atoms with E-state index in [1.54, 1.807) is 11.3 Å². The van der Waals surface area contributed by atoms with Crippen molar-refractivity contribution >= 4 is 17.3 Å². The molecule has 0 spiro atoms. The molecule has 1 heterocycles. The van der Waals surface area contributed by atoms with E-state index in [0.29, 0.717) is 5.75 Å². The summed E-state index contributed by atoms with van der Waals surface area (Å²) in [6.07, 6.45) is 1.96. The van der Waals surface area contributed by atoms with Crippen LogP contribution in [0.3, 0.4) is 0 Å². The number of aryl methyl sites for hydroxylation is 2. The van der Waals surface area contributed by atoms with E-state index in [4.69, 9.17) is 4.74 Å². The quantitative estimate of drug-likeness (QED) is 0.390. The lowest BCUT2D eigenvalue weighted by molar-refractivity contribution is -0.131. The third-order valence-corrected chi connectivity index (χ3v) is 5.10. The van der Waals surface area contributed by atoms with Gasteiger partial charge in [0.2, 0.25) is 0 Å². The van der Waals surface area contributed by atoms with Crippen LogP contribution < -0.4 is 4.74 Å². The average molecular weight is 375 g/mol. The fraction of sp³-hybridized carbons (Fsp3) is 0.125. The fourth-order valence-electron chi connectivity index (χ4n) is 2.83. The van der Waals surface area contributed by atoms with Crippen LogP contribution >= 0.6 is 11.3 Å². The summed E-state index contributed by atoms with van der Waals surface area (Å²) in [5.41, 5.74) is 3.64. The average Bonchev–Trinajstić information content (AvgIpc) is 2.79. The van der Waals surface area contributed by atoms with Gasteiger partial charge in [-0.2, -0.15) is 0 Å². The molecule has 0 aliphatic rings. The van der Waals surface area contributed by atoms with E-state index in [9.17, 15) is 4.79 Å². The van der Waals surface area contributed by atoms with Crippen molar-refractivity contribution in [3.63, 3.8) is 0 Å². The third-order valence-electron chi connectivity index (χ3n) is 4.10. The number of esters is 1. The molecule has 0 fully saturated rings. The zero-order chi connectivity index (χ0) is 18.9. The smallest absolute Gasteiger partial charge is 0.308 e. The highest BCUT2D eigenvalue weighted by Crippen LogP contribution is 2.28. The molecule has 0 N–H and O–H groups in total. The molecule has 0 atom stereocenters. The molecular formula is C24H22O2S. The predicted molar refractivity (Wildman–Crippen MR) is 113 cm³/mol. The summed E-state index contributed by atoms with van der Waals surface area (Å²) < 4.78 is 5.15. The number of hydrogen-bond acceptors (Lipinski definition) is 3. The molecule has 0 bridgehead atoms. The number of benzene rings is 2. The minimum atomic E-state index is -0.307. The lowest BCUT2D eigenvalue weighted by atomic mass is 10.0. The molecule has 2 nitrogen and oxygen atoms in total. The lowest BCUT2D eigenvalue weighted by Gasteiger charge is -2.08. The summed E-state index contributed by atoms with van der Waals surface area (Å²) in [7, 11) is 0. The second-order valence-electron chi connectivity index (χ2n) is 6.13.